The summed E-state index contributed by atoms with van der Waals surface area (Å²) in [4.78, 5) is 0. The summed E-state index contributed by atoms with van der Waals surface area (Å²) in [6.07, 6.45) is 0. The van der Waals surface area contributed by atoms with Crippen LogP contribution in [0.3, 0.4) is 0 Å². The van der Waals surface area contributed by atoms with E-state index in [1.165, 1.54) is 19.2 Å². The second-order valence-electron chi connectivity index (χ2n) is 4.26. The summed E-state index contributed by atoms with van der Waals surface area (Å²) < 4.78 is 32.1. The quantitative estimate of drug-likeness (QED) is 0.747. The third kappa shape index (κ3) is 2.87. The molecule has 0 heterocycles. The van der Waals surface area contributed by atoms with Crippen LogP contribution in [-0.4, -0.2) is 7.11 Å². The predicted molar refractivity (Wildman–Crippen MR) is 71.8 cm³/mol. The minimum absolute atomic E-state index is 0.303. The molecule has 2 aromatic carbocycles. The molecule has 1 unspecified atom stereocenters. The Kier molecular flexibility index (Phi) is 4.05. The molecule has 100 valence electrons. The van der Waals surface area contributed by atoms with E-state index in [1.54, 1.807) is 31.2 Å². The van der Waals surface area contributed by atoms with Crippen LogP contribution in [0.5, 0.6) is 5.75 Å². The van der Waals surface area contributed by atoms with Crippen LogP contribution < -0.4 is 4.74 Å². The van der Waals surface area contributed by atoms with E-state index in [4.69, 9.17) is 16.3 Å². The molecule has 0 aliphatic carbocycles. The third-order valence-corrected chi connectivity index (χ3v) is 3.44. The van der Waals surface area contributed by atoms with Crippen molar-refractivity contribution in [2.75, 3.05) is 7.11 Å². The van der Waals surface area contributed by atoms with Crippen LogP contribution in [0.25, 0.3) is 0 Å². The van der Waals surface area contributed by atoms with Gasteiger partial charge in [0.2, 0.25) is 0 Å². The molecule has 0 N–H and O–H groups in total. The Morgan fingerprint density at radius 3 is 2.37 bits per heavy atom. The van der Waals surface area contributed by atoms with Crippen molar-refractivity contribution >= 4 is 11.6 Å². The molecule has 19 heavy (non-hydrogen) atoms. The van der Waals surface area contributed by atoms with Gasteiger partial charge in [0.15, 0.2) is 0 Å². The highest BCUT2D eigenvalue weighted by Crippen LogP contribution is 2.32. The van der Waals surface area contributed by atoms with Crippen LogP contribution >= 0.6 is 11.6 Å². The maximum atomic E-state index is 13.9. The van der Waals surface area contributed by atoms with Gasteiger partial charge in [-0.3, -0.25) is 0 Å². The zero-order valence-electron chi connectivity index (χ0n) is 10.6. The Morgan fingerprint density at radius 2 is 1.79 bits per heavy atom. The Hall–Kier alpha value is -1.61. The zero-order valence-corrected chi connectivity index (χ0v) is 11.3. The molecule has 0 aromatic heterocycles. The largest absolute Gasteiger partial charge is 0.497 e. The van der Waals surface area contributed by atoms with Crippen LogP contribution in [0.2, 0.25) is 0 Å². The summed E-state index contributed by atoms with van der Waals surface area (Å²) in [7, 11) is 1.47. The molecule has 0 saturated heterocycles. The number of aryl methyl sites for hydroxylation is 1. The summed E-state index contributed by atoms with van der Waals surface area (Å²) in [5, 5.41) is -0.662. The monoisotopic (exact) mass is 282 g/mol. The highest BCUT2D eigenvalue weighted by molar-refractivity contribution is 6.22. The van der Waals surface area contributed by atoms with Gasteiger partial charge in [0.05, 0.1) is 12.5 Å². The fraction of sp³-hybridized carbons (Fsp3) is 0.200. The third-order valence-electron chi connectivity index (χ3n) is 2.96. The molecule has 0 aliphatic heterocycles. The molecule has 0 fully saturated rings. The van der Waals surface area contributed by atoms with Gasteiger partial charge in [0.1, 0.15) is 17.4 Å². The number of rotatable bonds is 3. The van der Waals surface area contributed by atoms with Gasteiger partial charge in [0, 0.05) is 11.6 Å². The van der Waals surface area contributed by atoms with Crippen molar-refractivity contribution in [3.63, 3.8) is 0 Å². The van der Waals surface area contributed by atoms with Crippen molar-refractivity contribution in [3.05, 3.63) is 64.7 Å². The molecule has 1 nitrogen and oxygen atoms in total. The molecule has 0 amide bonds. The molecule has 0 aliphatic rings. The van der Waals surface area contributed by atoms with Crippen molar-refractivity contribution in [1.29, 1.82) is 0 Å². The molecular formula is C15H13ClF2O. The molecule has 2 rings (SSSR count). The second kappa shape index (κ2) is 5.57. The number of hydrogen-bond donors (Lipinski definition) is 0. The maximum absolute atomic E-state index is 13.9. The molecular weight excluding hydrogens is 270 g/mol. The number of methoxy groups -OCH3 is 1. The Morgan fingerprint density at radius 1 is 1.05 bits per heavy atom. The Balaban J connectivity index is 2.38. The molecule has 0 radical (unpaired) electrons. The van der Waals surface area contributed by atoms with E-state index in [9.17, 15) is 8.78 Å². The number of halogens is 3. The van der Waals surface area contributed by atoms with Gasteiger partial charge in [-0.1, -0.05) is 18.2 Å². The highest BCUT2D eigenvalue weighted by Gasteiger charge is 2.16. The van der Waals surface area contributed by atoms with E-state index < -0.39 is 11.2 Å². The van der Waals surface area contributed by atoms with Gasteiger partial charge in [-0.15, -0.1) is 11.6 Å². The van der Waals surface area contributed by atoms with Crippen molar-refractivity contribution in [1.82, 2.24) is 0 Å². The van der Waals surface area contributed by atoms with Crippen LogP contribution in [-0.2, 0) is 0 Å². The predicted octanol–water partition coefficient (Wildman–Crippen LogP) is 4.61. The standard InChI is InChI=1S/C15H13ClF2O/c1-9-7-10(3-6-13(9)17)15(16)12-5-4-11(19-2)8-14(12)18/h3-8,15H,1-2H3. The van der Waals surface area contributed by atoms with Crippen LogP contribution in [0, 0.1) is 18.6 Å². The molecule has 0 spiro atoms. The first kappa shape index (κ1) is 13.8. The zero-order chi connectivity index (χ0) is 14.0. The summed E-state index contributed by atoms with van der Waals surface area (Å²) in [6.45, 7) is 1.65. The number of ether oxygens (including phenoxy) is 1. The van der Waals surface area contributed by atoms with Gasteiger partial charge >= 0.3 is 0 Å². The van der Waals surface area contributed by atoms with E-state index in [0.717, 1.165) is 0 Å². The average molecular weight is 283 g/mol. The lowest BCUT2D eigenvalue weighted by atomic mass is 10.0. The number of benzene rings is 2. The fourth-order valence-corrected chi connectivity index (χ4v) is 2.16. The first-order valence-electron chi connectivity index (χ1n) is 5.76. The molecule has 2 aromatic rings. The molecule has 0 saturated carbocycles. The Labute approximate surface area is 115 Å². The summed E-state index contributed by atoms with van der Waals surface area (Å²) >= 11 is 6.25. The maximum Gasteiger partial charge on any atom is 0.131 e. The Bertz CT molecular complexity index is 599. The number of hydrogen-bond acceptors (Lipinski definition) is 1. The lowest BCUT2D eigenvalue weighted by Gasteiger charge is -2.13. The van der Waals surface area contributed by atoms with Crippen LogP contribution in [0.15, 0.2) is 36.4 Å². The van der Waals surface area contributed by atoms with Crippen molar-refractivity contribution in [3.8, 4) is 5.75 Å². The van der Waals surface area contributed by atoms with E-state index in [1.807, 2.05) is 0 Å². The molecule has 0 bridgehead atoms. The topological polar surface area (TPSA) is 9.23 Å². The minimum Gasteiger partial charge on any atom is -0.497 e. The van der Waals surface area contributed by atoms with Gasteiger partial charge in [0.25, 0.3) is 0 Å². The lowest BCUT2D eigenvalue weighted by Crippen LogP contribution is -1.99. The molecule has 4 heteroatoms. The summed E-state index contributed by atoms with van der Waals surface area (Å²) in [5.74, 6) is -0.315. The normalized spacial score (nSPS) is 12.3. The van der Waals surface area contributed by atoms with Crippen molar-refractivity contribution in [2.24, 2.45) is 0 Å². The summed E-state index contributed by atoms with van der Waals surface area (Å²) in [5.41, 5.74) is 1.48. The van der Waals surface area contributed by atoms with E-state index in [2.05, 4.69) is 0 Å². The van der Waals surface area contributed by atoms with E-state index >= 15 is 0 Å². The first-order valence-corrected chi connectivity index (χ1v) is 6.20. The SMILES string of the molecule is COc1ccc(C(Cl)c2ccc(F)c(C)c2)c(F)c1. The molecule has 1 atom stereocenters. The number of alkyl halides is 1. The van der Waals surface area contributed by atoms with E-state index in [0.29, 0.717) is 22.4 Å². The minimum atomic E-state index is -0.662. The fourth-order valence-electron chi connectivity index (χ4n) is 1.85. The van der Waals surface area contributed by atoms with Crippen molar-refractivity contribution in [2.45, 2.75) is 12.3 Å². The van der Waals surface area contributed by atoms with Gasteiger partial charge < -0.3 is 4.74 Å². The van der Waals surface area contributed by atoms with Crippen LogP contribution in [0.4, 0.5) is 8.78 Å². The van der Waals surface area contributed by atoms with Gasteiger partial charge in [-0.25, -0.2) is 8.78 Å². The van der Waals surface area contributed by atoms with E-state index in [-0.39, 0.29) is 5.82 Å². The first-order chi connectivity index (χ1) is 9.02. The highest BCUT2D eigenvalue weighted by atomic mass is 35.5. The average Bonchev–Trinajstić information content (AvgIpc) is 2.41. The lowest BCUT2D eigenvalue weighted by molar-refractivity contribution is 0.410. The van der Waals surface area contributed by atoms with Crippen LogP contribution in [0.1, 0.15) is 22.1 Å². The smallest absolute Gasteiger partial charge is 0.131 e. The van der Waals surface area contributed by atoms with Gasteiger partial charge in [-0.05, 0) is 30.2 Å². The van der Waals surface area contributed by atoms with Gasteiger partial charge in [-0.2, -0.15) is 0 Å². The summed E-state index contributed by atoms with van der Waals surface area (Å²) in [6, 6.07) is 9.01. The second-order valence-corrected chi connectivity index (χ2v) is 4.70. The van der Waals surface area contributed by atoms with Crippen molar-refractivity contribution < 1.29 is 13.5 Å².